The zero-order chi connectivity index (χ0) is 21.1. The van der Waals surface area contributed by atoms with Crippen LogP contribution in [0.4, 0.5) is 13.2 Å². The van der Waals surface area contributed by atoms with Crippen molar-refractivity contribution < 1.29 is 27.9 Å². The number of hydrogen-bond acceptors (Lipinski definition) is 6. The highest BCUT2D eigenvalue weighted by molar-refractivity contribution is 7.07. The number of rotatable bonds is 3. The van der Waals surface area contributed by atoms with E-state index in [0.717, 1.165) is 39.1 Å². The van der Waals surface area contributed by atoms with Crippen molar-refractivity contribution in [1.82, 2.24) is 19.8 Å². The summed E-state index contributed by atoms with van der Waals surface area (Å²) >= 11 is 1.48. The van der Waals surface area contributed by atoms with Gasteiger partial charge < -0.3 is 10.0 Å². The van der Waals surface area contributed by atoms with E-state index in [0.29, 0.717) is 11.1 Å². The van der Waals surface area contributed by atoms with E-state index in [1.165, 1.54) is 16.9 Å². The molecule has 0 unspecified atom stereocenters. The van der Waals surface area contributed by atoms with Crippen molar-refractivity contribution >= 4 is 23.2 Å². The smallest absolute Gasteiger partial charge is 0.475 e. The van der Waals surface area contributed by atoms with Crippen molar-refractivity contribution in [3.8, 4) is 0 Å². The van der Waals surface area contributed by atoms with Crippen molar-refractivity contribution in [2.24, 2.45) is 5.41 Å². The lowest BCUT2D eigenvalue weighted by Gasteiger charge is -2.48. The Kier molecular flexibility index (Phi) is 6.18. The van der Waals surface area contributed by atoms with Gasteiger partial charge in [0.1, 0.15) is 5.69 Å². The molecule has 0 radical (unpaired) electrons. The normalized spacial score (nSPS) is 18.1. The first-order valence-electron chi connectivity index (χ1n) is 8.77. The predicted molar refractivity (Wildman–Crippen MR) is 98.3 cm³/mol. The lowest BCUT2D eigenvalue weighted by molar-refractivity contribution is -0.192. The maximum atomic E-state index is 12.4. The van der Waals surface area contributed by atoms with E-state index in [9.17, 15) is 18.0 Å². The van der Waals surface area contributed by atoms with Crippen molar-refractivity contribution in [2.75, 3.05) is 26.2 Å². The van der Waals surface area contributed by atoms with Crippen LogP contribution in [0, 0.1) is 5.41 Å². The van der Waals surface area contributed by atoms with Gasteiger partial charge in [-0.15, -0.1) is 11.3 Å². The molecule has 4 rings (SSSR count). The second kappa shape index (κ2) is 8.46. The van der Waals surface area contributed by atoms with Gasteiger partial charge in [-0.3, -0.25) is 14.7 Å². The van der Waals surface area contributed by atoms with E-state index in [2.05, 4.69) is 20.9 Å². The van der Waals surface area contributed by atoms with Crippen LogP contribution in [0.15, 0.2) is 35.4 Å². The second-order valence-electron chi connectivity index (χ2n) is 7.16. The molecular weight excluding hydrogens is 409 g/mol. The molecule has 2 aromatic rings. The molecule has 11 heteroatoms. The van der Waals surface area contributed by atoms with Crippen LogP contribution in [0.25, 0.3) is 0 Å². The topological polar surface area (TPSA) is 86.6 Å². The van der Waals surface area contributed by atoms with Gasteiger partial charge in [0.2, 0.25) is 0 Å². The van der Waals surface area contributed by atoms with Crippen LogP contribution in [-0.4, -0.2) is 69.1 Å². The zero-order valence-electron chi connectivity index (χ0n) is 15.3. The standard InChI is InChI=1S/C16H18N4OS.C2HF3O2/c21-15(14-8-22-12-18-14)20-5-3-16(11-20)9-19(10-16)7-13-2-1-4-17-6-13;3-2(4,5)1(6)7/h1-2,4,6,8,12H,3,5,7,9-11H2;(H,6,7). The van der Waals surface area contributed by atoms with E-state index in [-0.39, 0.29) is 5.91 Å². The van der Waals surface area contributed by atoms with Crippen LogP contribution >= 0.6 is 11.3 Å². The maximum absolute atomic E-state index is 12.4. The summed E-state index contributed by atoms with van der Waals surface area (Å²) in [7, 11) is 0. The SMILES string of the molecule is O=C(O)C(F)(F)F.O=C(c1cscn1)N1CCC2(CN(Cc3cccnc3)C2)C1. The molecule has 0 saturated carbocycles. The fourth-order valence-corrected chi connectivity index (χ4v) is 4.14. The summed E-state index contributed by atoms with van der Waals surface area (Å²) in [5.74, 6) is -2.67. The summed E-state index contributed by atoms with van der Waals surface area (Å²) in [6.07, 6.45) is -0.246. The molecule has 1 amide bonds. The molecule has 1 N–H and O–H groups in total. The molecule has 4 heterocycles. The minimum atomic E-state index is -5.08. The number of aromatic nitrogens is 2. The highest BCUT2D eigenvalue weighted by Gasteiger charge is 2.48. The molecule has 0 aliphatic carbocycles. The molecule has 0 atom stereocenters. The Balaban J connectivity index is 0.000000298. The number of carbonyl (C=O) groups is 2. The van der Waals surface area contributed by atoms with Crippen LogP contribution in [0.1, 0.15) is 22.5 Å². The van der Waals surface area contributed by atoms with Crippen LogP contribution in [0.3, 0.4) is 0 Å². The molecule has 29 heavy (non-hydrogen) atoms. The highest BCUT2D eigenvalue weighted by atomic mass is 32.1. The second-order valence-corrected chi connectivity index (χ2v) is 7.88. The number of thiazole rings is 1. The number of carboxylic acids is 1. The molecule has 156 valence electrons. The molecule has 2 aliphatic heterocycles. The summed E-state index contributed by atoms with van der Waals surface area (Å²) in [6.45, 7) is 4.82. The molecular formula is C18H19F3N4O3S. The quantitative estimate of drug-likeness (QED) is 0.809. The van der Waals surface area contributed by atoms with Gasteiger partial charge in [0.25, 0.3) is 5.91 Å². The number of carbonyl (C=O) groups excluding carboxylic acids is 1. The predicted octanol–water partition coefficient (Wildman–Crippen LogP) is 2.52. The average Bonchev–Trinajstić information content (AvgIpc) is 3.32. The number of likely N-dealkylation sites (tertiary alicyclic amines) is 2. The third-order valence-electron chi connectivity index (χ3n) is 4.87. The van der Waals surface area contributed by atoms with Crippen LogP contribution in [0.5, 0.6) is 0 Å². The third-order valence-corrected chi connectivity index (χ3v) is 5.45. The van der Waals surface area contributed by atoms with Crippen molar-refractivity contribution in [1.29, 1.82) is 0 Å². The van der Waals surface area contributed by atoms with Gasteiger partial charge in [-0.05, 0) is 18.1 Å². The van der Waals surface area contributed by atoms with Crippen molar-refractivity contribution in [3.63, 3.8) is 0 Å². The zero-order valence-corrected chi connectivity index (χ0v) is 16.1. The Bertz CT molecular complexity index is 840. The van der Waals surface area contributed by atoms with Gasteiger partial charge in [0, 0.05) is 55.9 Å². The summed E-state index contributed by atoms with van der Waals surface area (Å²) in [5, 5.41) is 8.96. The number of alkyl halides is 3. The van der Waals surface area contributed by atoms with Crippen molar-refractivity contribution in [2.45, 2.75) is 19.1 Å². The summed E-state index contributed by atoms with van der Waals surface area (Å²) in [6, 6.07) is 4.10. The largest absolute Gasteiger partial charge is 0.490 e. The minimum Gasteiger partial charge on any atom is -0.475 e. The average molecular weight is 428 g/mol. The Morgan fingerprint density at radius 1 is 1.28 bits per heavy atom. The first-order chi connectivity index (χ1) is 13.7. The fraction of sp³-hybridized carbons (Fsp3) is 0.444. The lowest BCUT2D eigenvalue weighted by Crippen LogP contribution is -2.57. The molecule has 2 aliphatic rings. The minimum absolute atomic E-state index is 0.0869. The number of nitrogens with zero attached hydrogens (tertiary/aromatic N) is 4. The monoisotopic (exact) mass is 428 g/mol. The van der Waals surface area contributed by atoms with E-state index in [1.54, 1.807) is 11.7 Å². The van der Waals surface area contributed by atoms with E-state index in [1.807, 2.05) is 22.5 Å². The van der Waals surface area contributed by atoms with Gasteiger partial charge in [-0.2, -0.15) is 13.2 Å². The van der Waals surface area contributed by atoms with Gasteiger partial charge in [0.05, 0.1) is 5.51 Å². The first kappa shape index (κ1) is 21.2. The lowest BCUT2D eigenvalue weighted by atomic mass is 9.79. The number of hydrogen-bond donors (Lipinski definition) is 1. The Labute approximate surface area is 168 Å². The number of pyridine rings is 1. The van der Waals surface area contributed by atoms with Crippen molar-refractivity contribution in [3.05, 3.63) is 46.7 Å². The number of aliphatic carboxylic acids is 1. The maximum Gasteiger partial charge on any atom is 0.490 e. The number of amides is 1. The molecule has 1 spiro atoms. The summed E-state index contributed by atoms with van der Waals surface area (Å²) < 4.78 is 31.7. The summed E-state index contributed by atoms with van der Waals surface area (Å²) in [5.41, 5.74) is 3.87. The molecule has 2 fully saturated rings. The van der Waals surface area contributed by atoms with Gasteiger partial charge >= 0.3 is 12.1 Å². The Morgan fingerprint density at radius 3 is 2.55 bits per heavy atom. The third kappa shape index (κ3) is 5.30. The molecule has 0 bridgehead atoms. The van der Waals surface area contributed by atoms with Gasteiger partial charge in [-0.25, -0.2) is 9.78 Å². The highest BCUT2D eigenvalue weighted by Crippen LogP contribution is 2.40. The molecule has 2 saturated heterocycles. The number of carboxylic acid groups (broad SMARTS) is 1. The fourth-order valence-electron chi connectivity index (χ4n) is 3.61. The molecule has 0 aromatic carbocycles. The number of halogens is 3. The van der Waals surface area contributed by atoms with E-state index < -0.39 is 12.1 Å². The molecule has 2 aromatic heterocycles. The molecule has 7 nitrogen and oxygen atoms in total. The first-order valence-corrected chi connectivity index (χ1v) is 9.72. The van der Waals surface area contributed by atoms with E-state index >= 15 is 0 Å². The van der Waals surface area contributed by atoms with E-state index in [4.69, 9.17) is 9.90 Å². The van der Waals surface area contributed by atoms with Crippen LogP contribution < -0.4 is 0 Å². The summed E-state index contributed by atoms with van der Waals surface area (Å²) in [4.78, 5) is 34.0. The Hall–Kier alpha value is -2.53. The Morgan fingerprint density at radius 2 is 2.00 bits per heavy atom. The van der Waals surface area contributed by atoms with Crippen LogP contribution in [-0.2, 0) is 11.3 Å². The van der Waals surface area contributed by atoms with Gasteiger partial charge in [-0.1, -0.05) is 6.07 Å². The van der Waals surface area contributed by atoms with Gasteiger partial charge in [0.15, 0.2) is 0 Å². The van der Waals surface area contributed by atoms with Crippen LogP contribution in [0.2, 0.25) is 0 Å².